The molecule has 3 aromatic carbocycles. The average Bonchev–Trinajstić information content (AvgIpc) is 2.80. The molecule has 0 radical (unpaired) electrons. The summed E-state index contributed by atoms with van der Waals surface area (Å²) in [5.74, 6) is -2.00. The number of halogens is 5. The van der Waals surface area contributed by atoms with Crippen LogP contribution in [0.4, 0.5) is 22.0 Å². The summed E-state index contributed by atoms with van der Waals surface area (Å²) in [4.78, 5) is 0. The van der Waals surface area contributed by atoms with Crippen molar-refractivity contribution in [1.29, 1.82) is 0 Å². The lowest BCUT2D eigenvalue weighted by Crippen LogP contribution is -2.26. The van der Waals surface area contributed by atoms with Crippen LogP contribution in [0, 0.1) is 17.6 Å². The summed E-state index contributed by atoms with van der Waals surface area (Å²) in [5, 5.41) is 1.15. The summed E-state index contributed by atoms with van der Waals surface area (Å²) in [6.45, 7) is 3.39. The fourth-order valence-electron chi connectivity index (χ4n) is 4.19. The molecular formula is C26H25F5O3. The predicted molar refractivity (Wildman–Crippen MR) is 117 cm³/mol. The highest BCUT2D eigenvalue weighted by Crippen LogP contribution is 2.31. The standard InChI is InChI=1S/C26H25F5O3/c1-2-3-17-14-32-25(33-15-17)20-9-10-21-19(13-20)8-7-18(24(21)28)6-4-16-5-11-23(22(27)12-16)34-26(29,30)31/h5,7-13,17,25H,2-4,6,14-15H2,1H3. The van der Waals surface area contributed by atoms with E-state index in [2.05, 4.69) is 11.7 Å². The number of alkyl halides is 3. The third kappa shape index (κ3) is 5.85. The van der Waals surface area contributed by atoms with E-state index >= 15 is 4.39 Å². The first-order valence-electron chi connectivity index (χ1n) is 11.2. The van der Waals surface area contributed by atoms with Crippen LogP contribution >= 0.6 is 0 Å². The lowest BCUT2D eigenvalue weighted by atomic mass is 9.98. The van der Waals surface area contributed by atoms with E-state index in [1.165, 1.54) is 6.07 Å². The van der Waals surface area contributed by atoms with Gasteiger partial charge in [-0.25, -0.2) is 8.78 Å². The maximum atomic E-state index is 15.1. The SMILES string of the molecule is CCCC1COC(c2ccc3c(F)c(CCc4ccc(OC(F)(F)F)c(F)c4)ccc3c2)OC1. The molecule has 3 nitrogen and oxygen atoms in total. The number of fused-ring (bicyclic) bond motifs is 1. The second-order valence-corrected chi connectivity index (χ2v) is 8.49. The van der Waals surface area contributed by atoms with Crippen molar-refractivity contribution in [3.05, 3.63) is 76.9 Å². The number of hydrogen-bond donors (Lipinski definition) is 0. The van der Waals surface area contributed by atoms with Gasteiger partial charge in [0.1, 0.15) is 5.82 Å². The van der Waals surface area contributed by atoms with Gasteiger partial charge in [0.2, 0.25) is 0 Å². The molecule has 0 bridgehead atoms. The molecule has 0 saturated carbocycles. The molecule has 0 unspecified atom stereocenters. The van der Waals surface area contributed by atoms with Crippen molar-refractivity contribution in [3.63, 3.8) is 0 Å². The van der Waals surface area contributed by atoms with Crippen LogP contribution in [-0.4, -0.2) is 19.6 Å². The van der Waals surface area contributed by atoms with Gasteiger partial charge in [-0.1, -0.05) is 43.7 Å². The van der Waals surface area contributed by atoms with E-state index in [0.717, 1.165) is 30.5 Å². The number of aryl methyl sites for hydroxylation is 2. The molecule has 1 saturated heterocycles. The molecule has 0 spiro atoms. The molecule has 3 aromatic rings. The van der Waals surface area contributed by atoms with E-state index in [1.807, 2.05) is 6.07 Å². The van der Waals surface area contributed by atoms with Crippen LogP contribution in [0.15, 0.2) is 48.5 Å². The van der Waals surface area contributed by atoms with Crippen molar-refractivity contribution in [3.8, 4) is 5.75 Å². The van der Waals surface area contributed by atoms with Crippen LogP contribution in [0.25, 0.3) is 10.8 Å². The average molecular weight is 480 g/mol. The Morgan fingerprint density at radius 1 is 0.941 bits per heavy atom. The van der Waals surface area contributed by atoms with Crippen molar-refractivity contribution in [2.45, 2.75) is 45.3 Å². The van der Waals surface area contributed by atoms with E-state index in [4.69, 9.17) is 9.47 Å². The molecule has 8 heteroatoms. The van der Waals surface area contributed by atoms with Gasteiger partial charge in [0.15, 0.2) is 17.9 Å². The Morgan fingerprint density at radius 3 is 2.38 bits per heavy atom. The number of hydrogen-bond acceptors (Lipinski definition) is 3. The molecular weight excluding hydrogens is 455 g/mol. The maximum Gasteiger partial charge on any atom is 0.573 e. The molecule has 0 atom stereocenters. The highest BCUT2D eigenvalue weighted by Gasteiger charge is 2.32. The van der Waals surface area contributed by atoms with Crippen LogP contribution < -0.4 is 4.74 Å². The smallest absolute Gasteiger partial charge is 0.403 e. The van der Waals surface area contributed by atoms with Crippen molar-refractivity contribution < 1.29 is 36.2 Å². The van der Waals surface area contributed by atoms with E-state index in [0.29, 0.717) is 41.0 Å². The van der Waals surface area contributed by atoms with Crippen LogP contribution in [0.2, 0.25) is 0 Å². The van der Waals surface area contributed by atoms with Gasteiger partial charge in [0.05, 0.1) is 13.2 Å². The Kier molecular flexibility index (Phi) is 7.38. The number of benzene rings is 3. The highest BCUT2D eigenvalue weighted by molar-refractivity contribution is 5.84. The summed E-state index contributed by atoms with van der Waals surface area (Å²) in [7, 11) is 0. The Morgan fingerprint density at radius 2 is 1.71 bits per heavy atom. The highest BCUT2D eigenvalue weighted by atomic mass is 19.4. The second-order valence-electron chi connectivity index (χ2n) is 8.49. The third-order valence-electron chi connectivity index (χ3n) is 5.90. The molecule has 1 fully saturated rings. The quantitative estimate of drug-likeness (QED) is 0.333. The minimum atomic E-state index is -4.97. The normalized spacial score (nSPS) is 18.9. The molecule has 1 aliphatic heterocycles. The number of ether oxygens (including phenoxy) is 3. The number of rotatable bonds is 7. The fourth-order valence-corrected chi connectivity index (χ4v) is 4.19. The van der Waals surface area contributed by atoms with Gasteiger partial charge in [-0.05, 0) is 54.0 Å². The molecule has 0 amide bonds. The largest absolute Gasteiger partial charge is 0.573 e. The second kappa shape index (κ2) is 10.3. The lowest BCUT2D eigenvalue weighted by Gasteiger charge is -2.29. The first-order chi connectivity index (χ1) is 16.2. The molecule has 1 heterocycles. The Hall–Kier alpha value is -2.71. The summed E-state index contributed by atoms with van der Waals surface area (Å²) in [6.07, 6.45) is -2.80. The Labute approximate surface area is 194 Å². The Bertz CT molecular complexity index is 1140. The van der Waals surface area contributed by atoms with Crippen LogP contribution in [-0.2, 0) is 22.3 Å². The molecule has 182 valence electrons. The first-order valence-corrected chi connectivity index (χ1v) is 11.2. The van der Waals surface area contributed by atoms with Crippen molar-refractivity contribution in [1.82, 2.24) is 0 Å². The summed E-state index contributed by atoms with van der Waals surface area (Å²) < 4.78 is 81.3. The van der Waals surface area contributed by atoms with E-state index in [-0.39, 0.29) is 18.7 Å². The minimum absolute atomic E-state index is 0.256. The third-order valence-corrected chi connectivity index (χ3v) is 5.90. The minimum Gasteiger partial charge on any atom is -0.403 e. The van der Waals surface area contributed by atoms with E-state index in [1.54, 1.807) is 24.3 Å². The van der Waals surface area contributed by atoms with Gasteiger partial charge in [-0.15, -0.1) is 13.2 Å². The lowest BCUT2D eigenvalue weighted by molar-refractivity contribution is -0.275. The predicted octanol–water partition coefficient (Wildman–Crippen LogP) is 7.26. The molecule has 0 aliphatic carbocycles. The maximum absolute atomic E-state index is 15.1. The topological polar surface area (TPSA) is 27.7 Å². The van der Waals surface area contributed by atoms with Gasteiger partial charge >= 0.3 is 6.36 Å². The zero-order chi connectivity index (χ0) is 24.3. The molecule has 0 aromatic heterocycles. The van der Waals surface area contributed by atoms with E-state index < -0.39 is 24.2 Å². The van der Waals surface area contributed by atoms with Crippen molar-refractivity contribution in [2.24, 2.45) is 5.92 Å². The van der Waals surface area contributed by atoms with Crippen molar-refractivity contribution >= 4 is 10.8 Å². The van der Waals surface area contributed by atoms with Crippen LogP contribution in [0.1, 0.15) is 42.7 Å². The first kappa shape index (κ1) is 24.4. The van der Waals surface area contributed by atoms with Gasteiger partial charge < -0.3 is 14.2 Å². The van der Waals surface area contributed by atoms with Gasteiger partial charge in [-0.2, -0.15) is 0 Å². The molecule has 1 aliphatic rings. The summed E-state index contributed by atoms with van der Waals surface area (Å²) in [5.41, 5.74) is 1.70. The zero-order valence-corrected chi connectivity index (χ0v) is 18.6. The van der Waals surface area contributed by atoms with E-state index in [9.17, 15) is 17.6 Å². The van der Waals surface area contributed by atoms with Crippen LogP contribution in [0.3, 0.4) is 0 Å². The van der Waals surface area contributed by atoms with Gasteiger partial charge in [0, 0.05) is 16.9 Å². The van der Waals surface area contributed by atoms with Crippen LogP contribution in [0.5, 0.6) is 5.75 Å². The molecule has 34 heavy (non-hydrogen) atoms. The molecule has 0 N–H and O–H groups in total. The van der Waals surface area contributed by atoms with Gasteiger partial charge in [0.25, 0.3) is 0 Å². The fraction of sp³-hybridized carbons (Fsp3) is 0.385. The Balaban J connectivity index is 1.44. The monoisotopic (exact) mass is 480 g/mol. The van der Waals surface area contributed by atoms with Crippen molar-refractivity contribution in [2.75, 3.05) is 13.2 Å². The zero-order valence-electron chi connectivity index (χ0n) is 18.6. The summed E-state index contributed by atoms with van der Waals surface area (Å²) in [6, 6.07) is 12.0. The summed E-state index contributed by atoms with van der Waals surface area (Å²) >= 11 is 0. The van der Waals surface area contributed by atoms with Gasteiger partial charge in [-0.3, -0.25) is 0 Å². The molecule has 4 rings (SSSR count).